The van der Waals surface area contributed by atoms with Crippen LogP contribution in [0.25, 0.3) is 0 Å². The van der Waals surface area contributed by atoms with Gasteiger partial charge in [-0.15, -0.1) is 0 Å². The van der Waals surface area contributed by atoms with Crippen LogP contribution in [0.4, 0.5) is 0 Å². The molecule has 1 fully saturated rings. The summed E-state index contributed by atoms with van der Waals surface area (Å²) in [5.74, 6) is 1.62. The number of rotatable bonds is 5. The van der Waals surface area contributed by atoms with Crippen LogP contribution in [-0.2, 0) is 13.5 Å². The molecule has 0 aliphatic carbocycles. The first-order valence-electron chi connectivity index (χ1n) is 9.23. The van der Waals surface area contributed by atoms with E-state index >= 15 is 0 Å². The zero-order valence-corrected chi connectivity index (χ0v) is 16.3. The van der Waals surface area contributed by atoms with E-state index in [0.29, 0.717) is 28.0 Å². The van der Waals surface area contributed by atoms with E-state index in [4.69, 9.17) is 16.3 Å². The molecule has 6 nitrogen and oxygen atoms in total. The van der Waals surface area contributed by atoms with Gasteiger partial charge in [-0.1, -0.05) is 11.6 Å². The molecule has 1 saturated heterocycles. The minimum Gasteiger partial charge on any atom is -0.456 e. The second-order valence-corrected chi connectivity index (χ2v) is 7.47. The quantitative estimate of drug-likeness (QED) is 0.654. The van der Waals surface area contributed by atoms with Gasteiger partial charge < -0.3 is 9.64 Å². The summed E-state index contributed by atoms with van der Waals surface area (Å²) in [5.41, 5.74) is 1.79. The number of amides is 1. The maximum atomic E-state index is 12.9. The van der Waals surface area contributed by atoms with E-state index in [9.17, 15) is 4.79 Å². The number of carbonyl (C=O) groups excluding carboxylic acids is 1. The van der Waals surface area contributed by atoms with Crippen molar-refractivity contribution in [3.05, 3.63) is 71.3 Å². The number of halogens is 1. The number of nitrogens with zero attached hydrogens (tertiary/aromatic N) is 4. The summed E-state index contributed by atoms with van der Waals surface area (Å²) in [6, 6.07) is 8.68. The zero-order valence-electron chi connectivity index (χ0n) is 15.6. The Balaban J connectivity index is 1.40. The molecule has 1 unspecified atom stereocenters. The summed E-state index contributed by atoms with van der Waals surface area (Å²) in [5, 5.41) is 4.63. The van der Waals surface area contributed by atoms with Gasteiger partial charge in [-0.2, -0.15) is 5.10 Å². The summed E-state index contributed by atoms with van der Waals surface area (Å²) in [6.45, 7) is 1.51. The second-order valence-electron chi connectivity index (χ2n) is 7.06. The molecule has 4 rings (SSSR count). The van der Waals surface area contributed by atoms with E-state index in [0.717, 1.165) is 25.9 Å². The van der Waals surface area contributed by atoms with Crippen LogP contribution in [0.5, 0.6) is 11.5 Å². The Kier molecular flexibility index (Phi) is 5.30. The van der Waals surface area contributed by atoms with Gasteiger partial charge in [-0.3, -0.25) is 14.5 Å². The largest absolute Gasteiger partial charge is 0.456 e. The Morgan fingerprint density at radius 1 is 1.29 bits per heavy atom. The van der Waals surface area contributed by atoms with Crippen LogP contribution in [0.1, 0.15) is 22.3 Å². The highest BCUT2D eigenvalue weighted by atomic mass is 35.5. The third-order valence-corrected chi connectivity index (χ3v) is 5.21. The Hall–Kier alpha value is -2.86. The predicted molar refractivity (Wildman–Crippen MR) is 107 cm³/mol. The van der Waals surface area contributed by atoms with Crippen molar-refractivity contribution in [2.45, 2.75) is 12.8 Å². The Bertz CT molecular complexity index is 974. The lowest BCUT2D eigenvalue weighted by Gasteiger charge is -2.17. The lowest BCUT2D eigenvalue weighted by atomic mass is 10.0. The first-order chi connectivity index (χ1) is 13.6. The van der Waals surface area contributed by atoms with Crippen molar-refractivity contribution in [2.75, 3.05) is 13.1 Å². The van der Waals surface area contributed by atoms with Crippen LogP contribution in [-0.4, -0.2) is 38.7 Å². The molecule has 0 spiro atoms. The summed E-state index contributed by atoms with van der Waals surface area (Å²) in [6.07, 6.45) is 9.17. The molecule has 1 aromatic carbocycles. The van der Waals surface area contributed by atoms with E-state index in [2.05, 4.69) is 10.1 Å². The van der Waals surface area contributed by atoms with Gasteiger partial charge in [0.15, 0.2) is 0 Å². The molecule has 1 aliphatic heterocycles. The van der Waals surface area contributed by atoms with Crippen LogP contribution in [0.2, 0.25) is 5.02 Å². The van der Waals surface area contributed by atoms with E-state index in [-0.39, 0.29) is 5.91 Å². The molecule has 7 heteroatoms. The van der Waals surface area contributed by atoms with Crippen LogP contribution < -0.4 is 4.74 Å². The van der Waals surface area contributed by atoms with Crippen LogP contribution in [0, 0.1) is 5.92 Å². The number of aromatic nitrogens is 3. The van der Waals surface area contributed by atoms with E-state index < -0.39 is 0 Å². The van der Waals surface area contributed by atoms with Crippen molar-refractivity contribution >= 4 is 17.5 Å². The first-order valence-corrected chi connectivity index (χ1v) is 9.60. The Labute approximate surface area is 168 Å². The van der Waals surface area contributed by atoms with Gasteiger partial charge in [0.2, 0.25) is 0 Å². The third-order valence-electron chi connectivity index (χ3n) is 4.91. The highest BCUT2D eigenvalue weighted by Crippen LogP contribution is 2.31. The Morgan fingerprint density at radius 3 is 2.82 bits per heavy atom. The van der Waals surface area contributed by atoms with Gasteiger partial charge in [-0.25, -0.2) is 0 Å². The number of benzene rings is 1. The molecule has 0 N–H and O–H groups in total. The number of ether oxygens (including phenoxy) is 1. The van der Waals surface area contributed by atoms with Crippen molar-refractivity contribution in [1.82, 2.24) is 19.7 Å². The molecular weight excluding hydrogens is 376 g/mol. The summed E-state index contributed by atoms with van der Waals surface area (Å²) < 4.78 is 7.56. The summed E-state index contributed by atoms with van der Waals surface area (Å²) in [7, 11) is 1.92. The van der Waals surface area contributed by atoms with Crippen molar-refractivity contribution in [3.8, 4) is 11.5 Å². The number of likely N-dealkylation sites (tertiary alicyclic amines) is 1. The fourth-order valence-electron chi connectivity index (χ4n) is 3.53. The highest BCUT2D eigenvalue weighted by molar-refractivity contribution is 6.32. The lowest BCUT2D eigenvalue weighted by Crippen LogP contribution is -2.28. The van der Waals surface area contributed by atoms with Gasteiger partial charge in [0, 0.05) is 44.3 Å². The maximum Gasteiger partial charge on any atom is 0.253 e. The molecule has 28 heavy (non-hydrogen) atoms. The maximum absolute atomic E-state index is 12.9. The molecule has 1 amide bonds. The zero-order chi connectivity index (χ0) is 19.5. The average Bonchev–Trinajstić information content (AvgIpc) is 3.33. The molecule has 1 aliphatic rings. The van der Waals surface area contributed by atoms with Gasteiger partial charge in [-0.05, 0) is 54.7 Å². The monoisotopic (exact) mass is 396 g/mol. The van der Waals surface area contributed by atoms with Gasteiger partial charge in [0.1, 0.15) is 11.5 Å². The number of aryl methyl sites for hydroxylation is 1. The van der Waals surface area contributed by atoms with E-state index in [1.165, 1.54) is 5.56 Å². The minimum atomic E-state index is 0.00560. The summed E-state index contributed by atoms with van der Waals surface area (Å²) >= 11 is 6.35. The normalized spacial score (nSPS) is 16.4. The van der Waals surface area contributed by atoms with Gasteiger partial charge in [0.25, 0.3) is 5.91 Å². The fraction of sp³-hybridized carbons (Fsp3) is 0.286. The number of carbonyl (C=O) groups is 1. The smallest absolute Gasteiger partial charge is 0.253 e. The summed E-state index contributed by atoms with van der Waals surface area (Å²) in [4.78, 5) is 18.7. The number of pyridine rings is 1. The standard InChI is InChI=1S/C21H21ClN4O2/c1-25-13-16(12-24-25)10-15-6-9-26(14-15)21(27)17-2-3-20(19(22)11-17)28-18-4-7-23-8-5-18/h2-5,7-8,11-13,15H,6,9-10,14H2,1H3. The molecule has 1 atom stereocenters. The van der Waals surface area contributed by atoms with Crippen molar-refractivity contribution < 1.29 is 9.53 Å². The second kappa shape index (κ2) is 8.02. The van der Waals surface area contributed by atoms with Crippen LogP contribution in [0.15, 0.2) is 55.1 Å². The lowest BCUT2D eigenvalue weighted by molar-refractivity contribution is 0.0787. The van der Waals surface area contributed by atoms with Crippen LogP contribution >= 0.6 is 11.6 Å². The molecule has 3 heterocycles. The molecule has 3 aromatic rings. The molecule has 0 radical (unpaired) electrons. The molecule has 0 bridgehead atoms. The van der Waals surface area contributed by atoms with Crippen molar-refractivity contribution in [1.29, 1.82) is 0 Å². The van der Waals surface area contributed by atoms with Crippen LogP contribution in [0.3, 0.4) is 0 Å². The SMILES string of the molecule is Cn1cc(CC2CCN(C(=O)c3ccc(Oc4ccncc4)c(Cl)c3)C2)cn1. The first kappa shape index (κ1) is 18.5. The predicted octanol–water partition coefficient (Wildman–Crippen LogP) is 3.97. The van der Waals surface area contributed by atoms with E-state index in [1.54, 1.807) is 42.7 Å². The van der Waals surface area contributed by atoms with Gasteiger partial charge in [0.05, 0.1) is 11.2 Å². The molecule has 2 aromatic heterocycles. The topological polar surface area (TPSA) is 60.2 Å². The van der Waals surface area contributed by atoms with Gasteiger partial charge >= 0.3 is 0 Å². The minimum absolute atomic E-state index is 0.00560. The Morgan fingerprint density at radius 2 is 2.11 bits per heavy atom. The third kappa shape index (κ3) is 4.17. The average molecular weight is 397 g/mol. The van der Waals surface area contributed by atoms with E-state index in [1.807, 2.05) is 29.0 Å². The molecular formula is C21H21ClN4O2. The number of hydrogen-bond donors (Lipinski definition) is 0. The fourth-order valence-corrected chi connectivity index (χ4v) is 3.75. The molecule has 144 valence electrons. The van der Waals surface area contributed by atoms with Crippen molar-refractivity contribution in [2.24, 2.45) is 13.0 Å². The number of hydrogen-bond acceptors (Lipinski definition) is 4. The van der Waals surface area contributed by atoms with Crippen molar-refractivity contribution in [3.63, 3.8) is 0 Å². The molecule has 0 saturated carbocycles. The highest BCUT2D eigenvalue weighted by Gasteiger charge is 2.27.